The van der Waals surface area contributed by atoms with Crippen molar-refractivity contribution >= 4 is 25.2 Å². The van der Waals surface area contributed by atoms with Gasteiger partial charge in [-0.25, -0.2) is 4.79 Å². The van der Waals surface area contributed by atoms with Gasteiger partial charge in [-0.05, 0) is 79.9 Å². The van der Waals surface area contributed by atoms with Gasteiger partial charge in [0.25, 0.3) is 0 Å². The second-order valence-electron chi connectivity index (χ2n) is 11.4. The van der Waals surface area contributed by atoms with Crippen LogP contribution in [0.15, 0.2) is 42.5 Å². The third kappa shape index (κ3) is 6.62. The fourth-order valence-electron chi connectivity index (χ4n) is 4.39. The van der Waals surface area contributed by atoms with Crippen LogP contribution in [0.3, 0.4) is 0 Å². The molecule has 1 heterocycles. The van der Waals surface area contributed by atoms with Crippen LogP contribution in [0.5, 0.6) is 5.75 Å². The number of hydrogen-bond acceptors (Lipinski definition) is 5. The predicted molar refractivity (Wildman–Crippen MR) is 151 cm³/mol. The number of rotatable bonds is 11. The van der Waals surface area contributed by atoms with Crippen LogP contribution in [0.2, 0.25) is 18.1 Å². The molecular formula is C29H42N2O5Si. The number of aryl methyl sites for hydroxylation is 1. The van der Waals surface area contributed by atoms with E-state index in [9.17, 15) is 20.1 Å². The van der Waals surface area contributed by atoms with Crippen molar-refractivity contribution < 1.29 is 24.5 Å². The van der Waals surface area contributed by atoms with Gasteiger partial charge in [0, 0.05) is 35.6 Å². The van der Waals surface area contributed by atoms with E-state index in [1.54, 1.807) is 12.1 Å². The molecule has 202 valence electrons. The number of nitrogens with one attached hydrogen (secondary N) is 1. The lowest BCUT2D eigenvalue weighted by Gasteiger charge is -2.40. The second-order valence-corrected chi connectivity index (χ2v) is 16.2. The number of benzene rings is 2. The molecule has 0 spiro atoms. The third-order valence-corrected chi connectivity index (χ3v) is 12.1. The van der Waals surface area contributed by atoms with E-state index in [4.69, 9.17) is 4.43 Å². The van der Waals surface area contributed by atoms with Crippen molar-refractivity contribution in [3.8, 4) is 5.75 Å². The zero-order chi connectivity index (χ0) is 27.5. The molecule has 0 aliphatic rings. The summed E-state index contributed by atoms with van der Waals surface area (Å²) < 4.78 is 8.62. The molecule has 0 aliphatic heterocycles. The Labute approximate surface area is 221 Å². The summed E-state index contributed by atoms with van der Waals surface area (Å²) >= 11 is 0. The summed E-state index contributed by atoms with van der Waals surface area (Å²) in [4.78, 5) is 11.6. The fraction of sp³-hybridized carbons (Fsp3) is 0.483. The number of aromatic nitrogens is 1. The maximum Gasteiger partial charge on any atom is 0.352 e. The Balaban J connectivity index is 1.79. The van der Waals surface area contributed by atoms with Gasteiger partial charge in [-0.1, -0.05) is 32.9 Å². The predicted octanol–water partition coefficient (Wildman–Crippen LogP) is 5.84. The highest BCUT2D eigenvalue weighted by molar-refractivity contribution is 6.74. The van der Waals surface area contributed by atoms with Gasteiger partial charge in [0.05, 0.1) is 12.7 Å². The normalized spacial score (nSPS) is 14.2. The van der Waals surface area contributed by atoms with Crippen molar-refractivity contribution in [1.29, 1.82) is 0 Å². The molecule has 0 bridgehead atoms. The SMILES string of the molecule is CCn1c(C(=O)O)cc2cc(CC(C)NCC(O[Si](C)(C)C(C)(C)C)c3ccc(O)c(CO)c3)ccc21. The first-order valence-electron chi connectivity index (χ1n) is 13.0. The summed E-state index contributed by atoms with van der Waals surface area (Å²) in [6, 6.07) is 13.3. The highest BCUT2D eigenvalue weighted by Crippen LogP contribution is 2.40. The smallest absolute Gasteiger partial charge is 0.352 e. The van der Waals surface area contributed by atoms with Gasteiger partial charge in [-0.2, -0.15) is 0 Å². The molecule has 0 saturated heterocycles. The van der Waals surface area contributed by atoms with Crippen LogP contribution in [-0.2, 0) is 24.0 Å². The molecule has 4 N–H and O–H groups in total. The molecule has 0 saturated carbocycles. The highest BCUT2D eigenvalue weighted by Gasteiger charge is 2.39. The molecule has 3 rings (SSSR count). The van der Waals surface area contributed by atoms with Crippen molar-refractivity contribution in [1.82, 2.24) is 9.88 Å². The van der Waals surface area contributed by atoms with Crippen LogP contribution >= 0.6 is 0 Å². The van der Waals surface area contributed by atoms with Crippen molar-refractivity contribution in [2.75, 3.05) is 6.54 Å². The lowest BCUT2D eigenvalue weighted by atomic mass is 10.0. The van der Waals surface area contributed by atoms with Gasteiger partial charge in [0.1, 0.15) is 11.4 Å². The van der Waals surface area contributed by atoms with Gasteiger partial charge < -0.3 is 29.6 Å². The van der Waals surface area contributed by atoms with Crippen molar-refractivity contribution in [2.45, 2.75) is 84.5 Å². The number of aromatic carboxylic acids is 1. The van der Waals surface area contributed by atoms with Crippen molar-refractivity contribution in [2.24, 2.45) is 0 Å². The summed E-state index contributed by atoms with van der Waals surface area (Å²) in [6.45, 7) is 16.1. The molecule has 0 aliphatic carbocycles. The van der Waals surface area contributed by atoms with Crippen molar-refractivity contribution in [3.63, 3.8) is 0 Å². The lowest BCUT2D eigenvalue weighted by Crippen LogP contribution is -2.44. The molecule has 0 radical (unpaired) electrons. The topological polar surface area (TPSA) is 104 Å². The lowest BCUT2D eigenvalue weighted by molar-refractivity contribution is 0.0686. The van der Waals surface area contributed by atoms with Crippen LogP contribution < -0.4 is 5.32 Å². The monoisotopic (exact) mass is 526 g/mol. The van der Waals surface area contributed by atoms with Gasteiger partial charge in [-0.15, -0.1) is 0 Å². The van der Waals surface area contributed by atoms with Crippen LogP contribution in [0, 0.1) is 0 Å². The molecule has 7 nitrogen and oxygen atoms in total. The standard InChI is InChI=1S/C29H42N2O5Si/c1-8-31-24-11-9-20(14-22(24)16-25(31)28(34)35)13-19(2)30-17-27(36-37(6,7)29(3,4)5)21-10-12-26(33)23(15-21)18-32/h9-12,14-16,19,27,30,32-33H,8,13,17-18H2,1-7H3,(H,34,35). The zero-order valence-electron chi connectivity index (χ0n) is 23.1. The summed E-state index contributed by atoms with van der Waals surface area (Å²) in [5.41, 5.74) is 3.78. The van der Waals surface area contributed by atoms with E-state index in [0.717, 1.165) is 28.5 Å². The number of carbonyl (C=O) groups is 1. The van der Waals surface area contributed by atoms with E-state index in [-0.39, 0.29) is 29.5 Å². The Kier molecular flexibility index (Phi) is 8.90. The van der Waals surface area contributed by atoms with E-state index < -0.39 is 14.3 Å². The Bertz CT molecular complexity index is 1250. The third-order valence-electron chi connectivity index (χ3n) is 7.58. The van der Waals surface area contributed by atoms with E-state index >= 15 is 0 Å². The number of aliphatic hydroxyl groups excluding tert-OH is 1. The minimum atomic E-state index is -2.10. The van der Waals surface area contributed by atoms with E-state index in [1.807, 2.05) is 29.7 Å². The number of carboxylic acids is 1. The Hall–Kier alpha value is -2.65. The fourth-order valence-corrected chi connectivity index (χ4v) is 5.68. The molecule has 3 aromatic rings. The molecule has 37 heavy (non-hydrogen) atoms. The summed E-state index contributed by atoms with van der Waals surface area (Å²) in [5, 5.41) is 33.9. The molecule has 0 amide bonds. The van der Waals surface area contributed by atoms with E-state index in [0.29, 0.717) is 24.3 Å². The minimum Gasteiger partial charge on any atom is -0.508 e. The summed E-state index contributed by atoms with van der Waals surface area (Å²) in [7, 11) is -2.10. The van der Waals surface area contributed by atoms with Gasteiger partial charge >= 0.3 is 5.97 Å². The summed E-state index contributed by atoms with van der Waals surface area (Å²) in [6.07, 6.45) is 0.549. The number of hydrogen-bond donors (Lipinski definition) is 4. The molecular weight excluding hydrogens is 484 g/mol. The van der Waals surface area contributed by atoms with Crippen molar-refractivity contribution in [3.05, 3.63) is 64.8 Å². The van der Waals surface area contributed by atoms with Crippen LogP contribution in [0.4, 0.5) is 0 Å². The first kappa shape index (κ1) is 28.9. The molecule has 8 heteroatoms. The van der Waals surface area contributed by atoms with Gasteiger partial charge in [0.2, 0.25) is 0 Å². The quantitative estimate of drug-likeness (QED) is 0.234. The first-order chi connectivity index (χ1) is 17.3. The first-order valence-corrected chi connectivity index (χ1v) is 15.9. The van der Waals surface area contributed by atoms with Crippen LogP contribution in [0.25, 0.3) is 10.9 Å². The van der Waals surface area contributed by atoms with Crippen LogP contribution in [-0.4, -0.2) is 46.8 Å². The molecule has 2 unspecified atom stereocenters. The number of phenols is 1. The average molecular weight is 527 g/mol. The van der Waals surface area contributed by atoms with Crippen LogP contribution in [0.1, 0.15) is 67.9 Å². The molecule has 2 aromatic carbocycles. The number of aromatic hydroxyl groups is 1. The minimum absolute atomic E-state index is 0.0344. The maximum atomic E-state index is 11.6. The average Bonchev–Trinajstić information content (AvgIpc) is 3.19. The summed E-state index contributed by atoms with van der Waals surface area (Å²) in [5.74, 6) is -0.835. The largest absolute Gasteiger partial charge is 0.508 e. The second kappa shape index (κ2) is 11.4. The number of aliphatic hydroxyl groups is 1. The van der Waals surface area contributed by atoms with E-state index in [2.05, 4.69) is 58.2 Å². The molecule has 0 fully saturated rings. The number of carboxylic acid groups (broad SMARTS) is 1. The maximum absolute atomic E-state index is 11.6. The van der Waals surface area contributed by atoms with Gasteiger partial charge in [0.15, 0.2) is 8.32 Å². The Morgan fingerprint density at radius 3 is 2.43 bits per heavy atom. The van der Waals surface area contributed by atoms with Gasteiger partial charge in [-0.3, -0.25) is 0 Å². The van der Waals surface area contributed by atoms with E-state index in [1.165, 1.54) is 0 Å². The molecule has 2 atom stereocenters. The molecule has 1 aromatic heterocycles. The number of fused-ring (bicyclic) bond motifs is 1. The zero-order valence-corrected chi connectivity index (χ0v) is 24.1. The highest BCUT2D eigenvalue weighted by atomic mass is 28.4. The Morgan fingerprint density at radius 1 is 1.14 bits per heavy atom. The number of nitrogens with zero attached hydrogens (tertiary/aromatic N) is 1. The Morgan fingerprint density at radius 2 is 1.84 bits per heavy atom.